The maximum atomic E-state index is 6.45. The lowest BCUT2D eigenvalue weighted by molar-refractivity contribution is 0.188. The van der Waals surface area contributed by atoms with Gasteiger partial charge in [-0.1, -0.05) is 69.2 Å². The maximum Gasteiger partial charge on any atom is 0.214 e. The van der Waals surface area contributed by atoms with Crippen LogP contribution in [0.1, 0.15) is 79.8 Å². The molecular formula is C58H65N9O. The summed E-state index contributed by atoms with van der Waals surface area (Å²) in [6, 6.07) is 21.8. The number of aromatic nitrogens is 2. The van der Waals surface area contributed by atoms with Crippen LogP contribution in [-0.2, 0) is 38.8 Å². The van der Waals surface area contributed by atoms with E-state index in [1.54, 1.807) is 11.6 Å². The van der Waals surface area contributed by atoms with Crippen LogP contribution in [-0.4, -0.2) is 56.4 Å². The molecule has 3 aliphatic carbocycles. The number of para-hydroxylation sites is 2. The highest BCUT2D eigenvalue weighted by Crippen LogP contribution is 2.47. The summed E-state index contributed by atoms with van der Waals surface area (Å²) >= 11 is 0. The highest BCUT2D eigenvalue weighted by Gasteiger charge is 2.51. The summed E-state index contributed by atoms with van der Waals surface area (Å²) in [6.07, 6.45) is 27.7. The van der Waals surface area contributed by atoms with Crippen LogP contribution in [0.15, 0.2) is 174 Å². The highest BCUT2D eigenvalue weighted by molar-refractivity contribution is 5.81. The number of pyridine rings is 1. The number of rotatable bonds is 15. The number of nitrogens with zero attached hydrogens (tertiary/aromatic N) is 5. The van der Waals surface area contributed by atoms with E-state index in [1.807, 2.05) is 43.5 Å². The van der Waals surface area contributed by atoms with Gasteiger partial charge in [-0.05, 0) is 161 Å². The molecule has 348 valence electrons. The molecular weight excluding hydrogens is 839 g/mol. The van der Waals surface area contributed by atoms with Gasteiger partial charge in [0.05, 0.1) is 52.4 Å². The first kappa shape index (κ1) is 44.8. The quantitative estimate of drug-likeness (QED) is 0.0761. The molecule has 4 N–H and O–H groups in total. The van der Waals surface area contributed by atoms with Crippen molar-refractivity contribution in [2.75, 3.05) is 31.3 Å². The van der Waals surface area contributed by atoms with Gasteiger partial charge in [0.1, 0.15) is 11.3 Å². The molecule has 10 heteroatoms. The molecule has 3 aromatic carbocycles. The number of hydrogen-bond donors (Lipinski definition) is 4. The summed E-state index contributed by atoms with van der Waals surface area (Å²) in [7, 11) is 4.41. The molecule has 0 radical (unpaired) electrons. The molecule has 68 heavy (non-hydrogen) atoms. The van der Waals surface area contributed by atoms with Gasteiger partial charge in [0.25, 0.3) is 0 Å². The minimum absolute atomic E-state index is 0.363. The largest absolute Gasteiger partial charge is 0.439 e. The number of allylic oxidation sites excluding steroid dienone is 9. The zero-order valence-corrected chi connectivity index (χ0v) is 40.2. The van der Waals surface area contributed by atoms with E-state index in [9.17, 15) is 0 Å². The van der Waals surface area contributed by atoms with Crippen LogP contribution in [0.3, 0.4) is 0 Å². The Bertz CT molecular complexity index is 2970. The lowest BCUT2D eigenvalue weighted by atomic mass is 9.88. The summed E-state index contributed by atoms with van der Waals surface area (Å²) in [4.78, 5) is 17.7. The second kappa shape index (κ2) is 18.6. The molecule has 2 unspecified atom stereocenters. The van der Waals surface area contributed by atoms with Crippen LogP contribution in [0.25, 0.3) is 22.0 Å². The Kier molecular flexibility index (Phi) is 12.2. The van der Waals surface area contributed by atoms with E-state index in [0.29, 0.717) is 12.4 Å². The number of likely N-dealkylation sites (N-methyl/N-ethyl adjacent to an activating group) is 1. The predicted octanol–water partition coefficient (Wildman–Crippen LogP) is 11.4. The van der Waals surface area contributed by atoms with Crippen LogP contribution in [0, 0.1) is 0 Å². The number of hydrogen-bond acceptors (Lipinski definition) is 10. The molecule has 1 spiro atoms. The minimum atomic E-state index is -0.433. The molecule has 1 saturated heterocycles. The van der Waals surface area contributed by atoms with Crippen molar-refractivity contribution in [3.63, 3.8) is 0 Å². The number of fused-ring (bicyclic) bond motifs is 4. The van der Waals surface area contributed by atoms with E-state index >= 15 is 0 Å². The molecule has 2 aromatic heterocycles. The monoisotopic (exact) mass is 904 g/mol. The van der Waals surface area contributed by atoms with Gasteiger partial charge in [-0.25, -0.2) is 4.98 Å². The van der Waals surface area contributed by atoms with Crippen molar-refractivity contribution >= 4 is 33.4 Å². The third-order valence-corrected chi connectivity index (χ3v) is 14.7. The van der Waals surface area contributed by atoms with E-state index in [0.717, 1.165) is 108 Å². The van der Waals surface area contributed by atoms with Crippen molar-refractivity contribution in [1.29, 1.82) is 0 Å². The van der Waals surface area contributed by atoms with Crippen molar-refractivity contribution in [2.24, 2.45) is 0 Å². The van der Waals surface area contributed by atoms with E-state index in [1.165, 1.54) is 52.6 Å². The number of benzene rings is 3. The van der Waals surface area contributed by atoms with Gasteiger partial charge in [0.2, 0.25) is 5.89 Å². The lowest BCUT2D eigenvalue weighted by Gasteiger charge is -2.41. The molecule has 0 saturated carbocycles. The summed E-state index contributed by atoms with van der Waals surface area (Å²) in [6.45, 7) is 19.3. The first-order valence-electron chi connectivity index (χ1n) is 24.3. The predicted molar refractivity (Wildman–Crippen MR) is 279 cm³/mol. The molecule has 10 nitrogen and oxygen atoms in total. The van der Waals surface area contributed by atoms with Gasteiger partial charge < -0.3 is 35.5 Å². The Labute approximate surface area is 402 Å². The van der Waals surface area contributed by atoms with Crippen molar-refractivity contribution in [3.05, 3.63) is 203 Å². The van der Waals surface area contributed by atoms with E-state index < -0.39 is 5.54 Å². The third kappa shape index (κ3) is 8.36. The lowest BCUT2D eigenvalue weighted by Crippen LogP contribution is -2.51. The van der Waals surface area contributed by atoms with Crippen LogP contribution >= 0.6 is 0 Å². The van der Waals surface area contributed by atoms with Crippen LogP contribution in [0.4, 0.5) is 11.4 Å². The number of anilines is 2. The molecule has 10 rings (SSSR count). The van der Waals surface area contributed by atoms with Gasteiger partial charge >= 0.3 is 0 Å². The molecule has 0 amide bonds. The van der Waals surface area contributed by atoms with Gasteiger partial charge in [0.15, 0.2) is 5.58 Å². The van der Waals surface area contributed by atoms with Crippen molar-refractivity contribution < 1.29 is 4.42 Å². The summed E-state index contributed by atoms with van der Waals surface area (Å²) in [5, 5.41) is 15.7. The van der Waals surface area contributed by atoms with Crippen molar-refractivity contribution in [1.82, 2.24) is 35.3 Å². The fourth-order valence-electron chi connectivity index (χ4n) is 11.2. The second-order valence-electron chi connectivity index (χ2n) is 19.3. The van der Waals surface area contributed by atoms with Gasteiger partial charge in [0, 0.05) is 48.1 Å². The standard InChI is InChI=1S/C58H65N9O/c1-8-11-12-19-39(4)61-49-23-15-14-22-48(49)60-36-56-64-51-30-45-32-57(33-46(45)31-53(51)68-56)40(5)62-55(18-9-2)67(57)38-54(59-10-3)58(65(6)7)34-43-28-42-25-26-47(63-50(42)29-44(43)35-58)37-66-27-17-21-41-20-13-16-24-52(41)66/h8,10-12,14-16,18-19,22-26,28-31,38,59-62H,1,3,5,9,13,17,20-21,27,32-37H2,2,4,6-7H3/b12-11-,39-19+,54-38-,55-18-. The minimum Gasteiger partial charge on any atom is -0.439 e. The molecule has 0 bridgehead atoms. The molecule has 5 aliphatic rings. The SMILES string of the molecule is C=C/C=C\C=C(/C)Nc1ccccc1NCc1nc2cc3c(cc2o1)CC1(C3)C(=C)N/C(=C/CC)N1/C=C(\NC=C)C1(N(C)C)Cc2cc3ccc(CN4CCCC5=C4C=CCC5)nc3cc2C1. The Morgan fingerprint density at radius 3 is 2.50 bits per heavy atom. The highest BCUT2D eigenvalue weighted by atomic mass is 16.3. The van der Waals surface area contributed by atoms with Crippen LogP contribution in [0.5, 0.6) is 0 Å². The Balaban J connectivity index is 0.913. The summed E-state index contributed by atoms with van der Waals surface area (Å²) < 4.78 is 6.45. The Morgan fingerprint density at radius 1 is 0.926 bits per heavy atom. The Morgan fingerprint density at radius 2 is 1.71 bits per heavy atom. The van der Waals surface area contributed by atoms with Crippen LogP contribution < -0.4 is 21.3 Å². The number of oxazole rings is 1. The van der Waals surface area contributed by atoms with E-state index in [2.05, 4.69) is 143 Å². The molecule has 2 atom stereocenters. The first-order chi connectivity index (χ1) is 33.1. The fraction of sp³-hybridized carbons (Fsp3) is 0.310. The van der Waals surface area contributed by atoms with Crippen molar-refractivity contribution in [3.8, 4) is 0 Å². The molecule has 4 heterocycles. The smallest absolute Gasteiger partial charge is 0.214 e. The average molecular weight is 904 g/mol. The van der Waals surface area contributed by atoms with Crippen LogP contribution in [0.2, 0.25) is 0 Å². The zero-order valence-electron chi connectivity index (χ0n) is 40.2. The Hall–Kier alpha value is -7.04. The first-order valence-corrected chi connectivity index (χ1v) is 24.3. The van der Waals surface area contributed by atoms with Gasteiger partial charge in [-0.15, -0.1) is 0 Å². The zero-order chi connectivity index (χ0) is 47.0. The van der Waals surface area contributed by atoms with Gasteiger partial charge in [-0.2, -0.15) is 0 Å². The summed E-state index contributed by atoms with van der Waals surface area (Å²) in [5.74, 6) is 1.69. The normalized spacial score (nSPS) is 22.0. The molecule has 2 aliphatic heterocycles. The maximum absolute atomic E-state index is 6.45. The number of nitrogens with one attached hydrogen (secondary N) is 4. The third-order valence-electron chi connectivity index (χ3n) is 14.7. The van der Waals surface area contributed by atoms with Gasteiger partial charge in [-0.3, -0.25) is 9.88 Å². The van der Waals surface area contributed by atoms with Crippen molar-refractivity contribution in [2.45, 2.75) is 95.8 Å². The molecule has 1 fully saturated rings. The van der Waals surface area contributed by atoms with E-state index in [-0.39, 0.29) is 5.54 Å². The fourth-order valence-corrected chi connectivity index (χ4v) is 11.2. The average Bonchev–Trinajstić information content (AvgIpc) is 4.09. The second-order valence-corrected chi connectivity index (χ2v) is 19.3. The van der Waals surface area contributed by atoms with E-state index in [4.69, 9.17) is 21.0 Å². The molecule has 5 aromatic rings. The summed E-state index contributed by atoms with van der Waals surface area (Å²) in [5.41, 5.74) is 16.3. The topological polar surface area (TPSA) is 96.8 Å².